The van der Waals surface area contributed by atoms with Crippen LogP contribution >= 0.6 is 11.3 Å². The van der Waals surface area contributed by atoms with Crippen molar-refractivity contribution in [3.8, 4) is 0 Å². The quantitative estimate of drug-likeness (QED) is 0.586. The molecule has 0 saturated heterocycles. The van der Waals surface area contributed by atoms with Crippen molar-refractivity contribution in [3.63, 3.8) is 0 Å². The Hall–Kier alpha value is -2.87. The second-order valence-electron chi connectivity index (χ2n) is 8.30. The number of carbonyl (C=O) groups excluding carboxylic acids is 2. The fourth-order valence-electron chi connectivity index (χ4n) is 4.33. The topological polar surface area (TPSA) is 109 Å². The van der Waals surface area contributed by atoms with Crippen molar-refractivity contribution in [2.24, 2.45) is 17.8 Å². The van der Waals surface area contributed by atoms with Crippen LogP contribution in [-0.2, 0) is 29.0 Å². The SMILES string of the molecule is C[C@H]1CCc2c(sc(NC(=O)[C@H]3CC=CC[C@@H]3C(=O)O)c2C(=O)NCc2ccco2)C1. The minimum absolute atomic E-state index is 0.253. The number of rotatable bonds is 6. The lowest BCUT2D eigenvalue weighted by molar-refractivity contribution is -0.146. The molecule has 0 radical (unpaired) electrons. The number of carbonyl (C=O) groups is 3. The molecule has 31 heavy (non-hydrogen) atoms. The van der Waals surface area contributed by atoms with E-state index in [2.05, 4.69) is 17.6 Å². The van der Waals surface area contributed by atoms with E-state index >= 15 is 0 Å². The molecule has 3 atom stereocenters. The molecular weight excluding hydrogens is 416 g/mol. The van der Waals surface area contributed by atoms with Crippen LogP contribution in [0.1, 0.15) is 52.7 Å². The summed E-state index contributed by atoms with van der Waals surface area (Å²) >= 11 is 1.44. The van der Waals surface area contributed by atoms with Crippen LogP contribution in [-0.4, -0.2) is 22.9 Å². The Morgan fingerprint density at radius 3 is 2.71 bits per heavy atom. The molecule has 164 valence electrons. The summed E-state index contributed by atoms with van der Waals surface area (Å²) in [4.78, 5) is 38.9. The van der Waals surface area contributed by atoms with E-state index in [0.717, 1.165) is 29.7 Å². The second kappa shape index (κ2) is 9.09. The standard InChI is InChI=1S/C23H26N2O5S/c1-13-8-9-17-18(11-13)31-22(19(17)21(27)24-12-14-5-4-10-30-14)25-20(26)15-6-2-3-7-16(15)23(28)29/h2-5,10,13,15-16H,6-9,11-12H2,1H3,(H,24,27)(H,25,26)(H,28,29)/t13-,15-,16-/m0/s1. The number of carboxylic acid groups (broad SMARTS) is 1. The monoisotopic (exact) mass is 442 g/mol. The minimum atomic E-state index is -0.972. The van der Waals surface area contributed by atoms with E-state index in [4.69, 9.17) is 4.42 Å². The van der Waals surface area contributed by atoms with Gasteiger partial charge in [0, 0.05) is 4.88 Å². The van der Waals surface area contributed by atoms with E-state index in [9.17, 15) is 19.5 Å². The first kappa shape index (κ1) is 21.4. The Kier molecular flexibility index (Phi) is 6.27. The molecule has 2 aliphatic carbocycles. The predicted octanol–water partition coefficient (Wildman–Crippen LogP) is 4.00. The van der Waals surface area contributed by atoms with Gasteiger partial charge in [-0.2, -0.15) is 0 Å². The number of anilines is 1. The zero-order chi connectivity index (χ0) is 22.0. The van der Waals surface area contributed by atoms with Gasteiger partial charge in [0.25, 0.3) is 5.91 Å². The summed E-state index contributed by atoms with van der Waals surface area (Å²) in [6, 6.07) is 3.55. The van der Waals surface area contributed by atoms with Gasteiger partial charge in [0.2, 0.25) is 5.91 Å². The molecule has 2 amide bonds. The molecule has 2 heterocycles. The summed E-state index contributed by atoms with van der Waals surface area (Å²) in [5.74, 6) is -1.81. The summed E-state index contributed by atoms with van der Waals surface area (Å²) in [6.45, 7) is 2.44. The molecule has 2 aromatic rings. The van der Waals surface area contributed by atoms with Gasteiger partial charge in [0.05, 0.1) is 30.2 Å². The van der Waals surface area contributed by atoms with Crippen LogP contribution in [0.15, 0.2) is 35.0 Å². The van der Waals surface area contributed by atoms with Crippen LogP contribution in [0.3, 0.4) is 0 Å². The van der Waals surface area contributed by atoms with Gasteiger partial charge < -0.3 is 20.2 Å². The van der Waals surface area contributed by atoms with E-state index in [1.54, 1.807) is 24.5 Å². The highest BCUT2D eigenvalue weighted by Gasteiger charge is 2.35. The van der Waals surface area contributed by atoms with Crippen LogP contribution in [0, 0.1) is 17.8 Å². The first-order valence-corrected chi connectivity index (χ1v) is 11.4. The van der Waals surface area contributed by atoms with Gasteiger partial charge in [0.15, 0.2) is 0 Å². The predicted molar refractivity (Wildman–Crippen MR) is 117 cm³/mol. The van der Waals surface area contributed by atoms with Crippen molar-refractivity contribution < 1.29 is 23.9 Å². The number of aliphatic carboxylic acids is 1. The number of thiophene rings is 1. The third-order valence-electron chi connectivity index (χ3n) is 6.07. The molecule has 7 nitrogen and oxygen atoms in total. The maximum atomic E-state index is 13.1. The van der Waals surface area contributed by atoms with Gasteiger partial charge in [-0.3, -0.25) is 14.4 Å². The third-order valence-corrected chi connectivity index (χ3v) is 7.23. The Labute approximate surface area is 184 Å². The molecule has 4 rings (SSSR count). The highest BCUT2D eigenvalue weighted by Crippen LogP contribution is 2.40. The maximum absolute atomic E-state index is 13.1. The summed E-state index contributed by atoms with van der Waals surface area (Å²) < 4.78 is 5.29. The van der Waals surface area contributed by atoms with Gasteiger partial charge in [-0.15, -0.1) is 11.3 Å². The highest BCUT2D eigenvalue weighted by molar-refractivity contribution is 7.17. The zero-order valence-corrected chi connectivity index (χ0v) is 18.2. The smallest absolute Gasteiger partial charge is 0.307 e. The van der Waals surface area contributed by atoms with Gasteiger partial charge in [-0.1, -0.05) is 19.1 Å². The highest BCUT2D eigenvalue weighted by atomic mass is 32.1. The number of furan rings is 1. The summed E-state index contributed by atoms with van der Waals surface area (Å²) in [7, 11) is 0. The molecule has 0 spiro atoms. The number of hydrogen-bond donors (Lipinski definition) is 3. The zero-order valence-electron chi connectivity index (χ0n) is 17.3. The first-order valence-electron chi connectivity index (χ1n) is 10.6. The Morgan fingerprint density at radius 1 is 1.23 bits per heavy atom. The lowest BCUT2D eigenvalue weighted by atomic mass is 9.82. The van der Waals surface area contributed by atoms with E-state index < -0.39 is 17.8 Å². The number of amides is 2. The second-order valence-corrected chi connectivity index (χ2v) is 9.41. The number of allylic oxidation sites excluding steroid dienone is 2. The van der Waals surface area contributed by atoms with Crippen molar-refractivity contribution in [1.29, 1.82) is 0 Å². The molecule has 0 aliphatic heterocycles. The number of fused-ring (bicyclic) bond motifs is 1. The summed E-state index contributed by atoms with van der Waals surface area (Å²) in [5, 5.41) is 15.8. The van der Waals surface area contributed by atoms with Gasteiger partial charge in [0.1, 0.15) is 10.8 Å². The summed E-state index contributed by atoms with van der Waals surface area (Å²) in [5.41, 5.74) is 1.50. The number of hydrogen-bond acceptors (Lipinski definition) is 5. The maximum Gasteiger partial charge on any atom is 0.307 e. The first-order chi connectivity index (χ1) is 14.9. The van der Waals surface area contributed by atoms with Crippen molar-refractivity contribution in [3.05, 3.63) is 52.3 Å². The lowest BCUT2D eigenvalue weighted by Crippen LogP contribution is -2.35. The Balaban J connectivity index is 1.59. The van der Waals surface area contributed by atoms with Crippen LogP contribution < -0.4 is 10.6 Å². The van der Waals surface area contributed by atoms with Crippen molar-refractivity contribution >= 4 is 34.1 Å². The third kappa shape index (κ3) is 4.58. The molecule has 0 bridgehead atoms. The van der Waals surface area contributed by atoms with Crippen LogP contribution in [0.2, 0.25) is 0 Å². The van der Waals surface area contributed by atoms with Crippen LogP contribution in [0.5, 0.6) is 0 Å². The molecule has 8 heteroatoms. The van der Waals surface area contributed by atoms with Crippen molar-refractivity contribution in [1.82, 2.24) is 5.32 Å². The number of carboxylic acids is 1. The average Bonchev–Trinajstić information content (AvgIpc) is 3.39. The molecule has 3 N–H and O–H groups in total. The molecule has 0 aromatic carbocycles. The fourth-order valence-corrected chi connectivity index (χ4v) is 5.74. The Morgan fingerprint density at radius 2 is 2.00 bits per heavy atom. The molecule has 2 aliphatic rings. The Bertz CT molecular complexity index is 1010. The van der Waals surface area contributed by atoms with E-state index in [0.29, 0.717) is 35.1 Å². The van der Waals surface area contributed by atoms with Gasteiger partial charge >= 0.3 is 5.97 Å². The van der Waals surface area contributed by atoms with E-state index in [1.807, 2.05) is 6.08 Å². The van der Waals surface area contributed by atoms with E-state index in [1.165, 1.54) is 11.3 Å². The van der Waals surface area contributed by atoms with Crippen molar-refractivity contribution in [2.75, 3.05) is 5.32 Å². The average molecular weight is 443 g/mol. The molecule has 0 saturated carbocycles. The largest absolute Gasteiger partial charge is 0.481 e. The summed E-state index contributed by atoms with van der Waals surface area (Å²) in [6.07, 6.45) is 8.58. The molecule has 0 fully saturated rings. The van der Waals surface area contributed by atoms with Crippen LogP contribution in [0.25, 0.3) is 0 Å². The molecule has 2 aromatic heterocycles. The van der Waals surface area contributed by atoms with Crippen LogP contribution in [0.4, 0.5) is 5.00 Å². The normalized spacial score (nSPS) is 22.5. The van der Waals surface area contributed by atoms with Gasteiger partial charge in [-0.25, -0.2) is 0 Å². The van der Waals surface area contributed by atoms with E-state index in [-0.39, 0.29) is 18.4 Å². The fraction of sp³-hybridized carbons (Fsp3) is 0.435. The van der Waals surface area contributed by atoms with Crippen molar-refractivity contribution in [2.45, 2.75) is 45.6 Å². The lowest BCUT2D eigenvalue weighted by Gasteiger charge is -2.24. The molecule has 0 unspecified atom stereocenters. The van der Waals surface area contributed by atoms with Gasteiger partial charge in [-0.05, 0) is 55.7 Å². The minimum Gasteiger partial charge on any atom is -0.481 e. The molecular formula is C23H26N2O5S. The number of nitrogens with one attached hydrogen (secondary N) is 2.